The van der Waals surface area contributed by atoms with Crippen LogP contribution in [0.1, 0.15) is 30.5 Å². The molecule has 2 aromatic carbocycles. The topological polar surface area (TPSA) is 12.0 Å². The highest BCUT2D eigenvalue weighted by molar-refractivity contribution is 9.10. The summed E-state index contributed by atoms with van der Waals surface area (Å²) in [5.74, 6) is -0.194. The SMILES string of the molecule is CCCNC(Cc1ccc(Cl)cc1)c1cccc(Br)c1F. The molecule has 0 radical (unpaired) electrons. The maximum atomic E-state index is 14.3. The summed E-state index contributed by atoms with van der Waals surface area (Å²) >= 11 is 9.17. The van der Waals surface area contributed by atoms with Gasteiger partial charge in [-0.15, -0.1) is 0 Å². The molecule has 0 spiro atoms. The molecule has 1 nitrogen and oxygen atoms in total. The molecule has 0 aliphatic rings. The van der Waals surface area contributed by atoms with Gasteiger partial charge in [0.25, 0.3) is 0 Å². The Labute approximate surface area is 138 Å². The molecule has 0 aromatic heterocycles. The van der Waals surface area contributed by atoms with Gasteiger partial charge in [0.2, 0.25) is 0 Å². The van der Waals surface area contributed by atoms with Crippen molar-refractivity contribution in [3.05, 3.63) is 68.9 Å². The van der Waals surface area contributed by atoms with Crippen LogP contribution in [0.15, 0.2) is 46.9 Å². The van der Waals surface area contributed by atoms with Crippen molar-refractivity contribution >= 4 is 27.5 Å². The molecule has 112 valence electrons. The predicted molar refractivity (Wildman–Crippen MR) is 90.3 cm³/mol. The fourth-order valence-electron chi connectivity index (χ4n) is 2.26. The Hall–Kier alpha value is -0.900. The van der Waals surface area contributed by atoms with E-state index in [1.54, 1.807) is 6.07 Å². The van der Waals surface area contributed by atoms with Crippen LogP contribution in [0.2, 0.25) is 5.02 Å². The summed E-state index contributed by atoms with van der Waals surface area (Å²) in [7, 11) is 0. The largest absolute Gasteiger partial charge is 0.310 e. The van der Waals surface area contributed by atoms with Crippen LogP contribution < -0.4 is 5.32 Å². The Morgan fingerprint density at radius 2 is 1.90 bits per heavy atom. The lowest BCUT2D eigenvalue weighted by Gasteiger charge is -2.20. The zero-order valence-electron chi connectivity index (χ0n) is 11.9. The van der Waals surface area contributed by atoms with Crippen LogP contribution in [0.4, 0.5) is 4.39 Å². The number of nitrogens with one attached hydrogen (secondary N) is 1. The van der Waals surface area contributed by atoms with Crippen molar-refractivity contribution in [2.75, 3.05) is 6.54 Å². The summed E-state index contributed by atoms with van der Waals surface area (Å²) < 4.78 is 14.8. The van der Waals surface area contributed by atoms with Crippen molar-refractivity contribution in [2.24, 2.45) is 0 Å². The van der Waals surface area contributed by atoms with Gasteiger partial charge < -0.3 is 5.32 Å². The molecule has 4 heteroatoms. The molecule has 0 saturated heterocycles. The molecular formula is C17H18BrClFN. The van der Waals surface area contributed by atoms with Crippen molar-refractivity contribution < 1.29 is 4.39 Å². The van der Waals surface area contributed by atoms with Crippen LogP contribution in [0.3, 0.4) is 0 Å². The molecule has 21 heavy (non-hydrogen) atoms. The lowest BCUT2D eigenvalue weighted by Crippen LogP contribution is -2.25. The number of benzene rings is 2. The lowest BCUT2D eigenvalue weighted by atomic mass is 9.98. The van der Waals surface area contributed by atoms with E-state index in [1.807, 2.05) is 36.4 Å². The Kier molecular flexibility index (Phi) is 6.22. The minimum absolute atomic E-state index is 0.0522. The average molecular weight is 371 g/mol. The molecule has 2 aromatic rings. The van der Waals surface area contributed by atoms with Crippen LogP contribution >= 0.6 is 27.5 Å². The molecule has 0 bridgehead atoms. The van der Waals surface area contributed by atoms with E-state index in [0.29, 0.717) is 15.1 Å². The summed E-state index contributed by atoms with van der Waals surface area (Å²) in [6, 6.07) is 13.1. The van der Waals surface area contributed by atoms with Gasteiger partial charge in [-0.05, 0) is 59.1 Å². The lowest BCUT2D eigenvalue weighted by molar-refractivity contribution is 0.495. The first kappa shape index (κ1) is 16.5. The van der Waals surface area contributed by atoms with Crippen molar-refractivity contribution in [1.82, 2.24) is 5.32 Å². The highest BCUT2D eigenvalue weighted by Gasteiger charge is 2.17. The molecule has 0 aliphatic heterocycles. The third kappa shape index (κ3) is 4.53. The molecule has 1 N–H and O–H groups in total. The first-order valence-electron chi connectivity index (χ1n) is 7.03. The predicted octanol–water partition coefficient (Wildman–Crippen LogP) is 5.53. The maximum Gasteiger partial charge on any atom is 0.142 e. The third-order valence-corrected chi connectivity index (χ3v) is 4.22. The van der Waals surface area contributed by atoms with Crippen LogP contribution in [-0.4, -0.2) is 6.54 Å². The molecule has 1 atom stereocenters. The average Bonchev–Trinajstić information content (AvgIpc) is 2.48. The van der Waals surface area contributed by atoms with E-state index in [0.717, 1.165) is 24.9 Å². The minimum Gasteiger partial charge on any atom is -0.310 e. The van der Waals surface area contributed by atoms with E-state index in [-0.39, 0.29) is 11.9 Å². The zero-order chi connectivity index (χ0) is 15.2. The summed E-state index contributed by atoms with van der Waals surface area (Å²) in [5, 5.41) is 4.14. The normalized spacial score (nSPS) is 12.4. The van der Waals surface area contributed by atoms with Crippen molar-refractivity contribution in [3.8, 4) is 0 Å². The van der Waals surface area contributed by atoms with E-state index >= 15 is 0 Å². The van der Waals surface area contributed by atoms with E-state index < -0.39 is 0 Å². The fraction of sp³-hybridized carbons (Fsp3) is 0.294. The van der Waals surface area contributed by atoms with Gasteiger partial charge in [0, 0.05) is 16.6 Å². The van der Waals surface area contributed by atoms with E-state index in [9.17, 15) is 4.39 Å². The Balaban J connectivity index is 2.25. The van der Waals surface area contributed by atoms with Gasteiger partial charge >= 0.3 is 0 Å². The van der Waals surface area contributed by atoms with Crippen LogP contribution in [0.25, 0.3) is 0 Å². The van der Waals surface area contributed by atoms with Gasteiger partial charge in [-0.3, -0.25) is 0 Å². The summed E-state index contributed by atoms with van der Waals surface area (Å²) in [6.07, 6.45) is 1.73. The molecule has 0 aliphatic carbocycles. The quantitative estimate of drug-likeness (QED) is 0.705. The maximum absolute atomic E-state index is 14.3. The molecule has 0 fully saturated rings. The van der Waals surface area contributed by atoms with E-state index in [1.165, 1.54) is 0 Å². The second-order valence-corrected chi connectivity index (χ2v) is 6.27. The molecule has 0 amide bonds. The van der Waals surface area contributed by atoms with Gasteiger partial charge in [0.1, 0.15) is 5.82 Å². The highest BCUT2D eigenvalue weighted by atomic mass is 79.9. The molecule has 2 rings (SSSR count). The molecule has 0 saturated carbocycles. The number of rotatable bonds is 6. The highest BCUT2D eigenvalue weighted by Crippen LogP contribution is 2.26. The van der Waals surface area contributed by atoms with Gasteiger partial charge in [-0.2, -0.15) is 0 Å². The summed E-state index contributed by atoms with van der Waals surface area (Å²) in [4.78, 5) is 0. The number of hydrogen-bond donors (Lipinski definition) is 1. The van der Waals surface area contributed by atoms with Gasteiger partial charge in [-0.1, -0.05) is 42.8 Å². The summed E-state index contributed by atoms with van der Waals surface area (Å²) in [6.45, 7) is 2.95. The number of halogens is 3. The molecule has 0 heterocycles. The minimum atomic E-state index is -0.194. The fourth-order valence-corrected chi connectivity index (χ4v) is 2.76. The molecular weight excluding hydrogens is 353 g/mol. The molecule has 1 unspecified atom stereocenters. The zero-order valence-corrected chi connectivity index (χ0v) is 14.2. The van der Waals surface area contributed by atoms with Crippen molar-refractivity contribution in [1.29, 1.82) is 0 Å². The summed E-state index contributed by atoms with van der Waals surface area (Å²) in [5.41, 5.74) is 1.82. The monoisotopic (exact) mass is 369 g/mol. The second-order valence-electron chi connectivity index (χ2n) is 4.98. The van der Waals surface area contributed by atoms with Crippen LogP contribution in [0, 0.1) is 5.82 Å². The Bertz CT molecular complexity index is 586. The van der Waals surface area contributed by atoms with Gasteiger partial charge in [0.05, 0.1) is 4.47 Å². The Morgan fingerprint density at radius 3 is 2.57 bits per heavy atom. The smallest absolute Gasteiger partial charge is 0.142 e. The van der Waals surface area contributed by atoms with Crippen molar-refractivity contribution in [2.45, 2.75) is 25.8 Å². The van der Waals surface area contributed by atoms with Gasteiger partial charge in [0.15, 0.2) is 0 Å². The van der Waals surface area contributed by atoms with E-state index in [2.05, 4.69) is 28.2 Å². The third-order valence-electron chi connectivity index (χ3n) is 3.35. The van der Waals surface area contributed by atoms with Crippen LogP contribution in [0.5, 0.6) is 0 Å². The van der Waals surface area contributed by atoms with Crippen molar-refractivity contribution in [3.63, 3.8) is 0 Å². The standard InChI is InChI=1S/C17H18BrClFN/c1-2-10-21-16(11-12-6-8-13(19)9-7-12)14-4-3-5-15(18)17(14)20/h3-9,16,21H,2,10-11H2,1H3. The van der Waals surface area contributed by atoms with Crippen LogP contribution in [-0.2, 0) is 6.42 Å². The Morgan fingerprint density at radius 1 is 1.19 bits per heavy atom. The van der Waals surface area contributed by atoms with E-state index in [4.69, 9.17) is 11.6 Å². The second kappa shape index (κ2) is 7.92. The first-order valence-corrected chi connectivity index (χ1v) is 8.20. The van der Waals surface area contributed by atoms with Gasteiger partial charge in [-0.25, -0.2) is 4.39 Å². The first-order chi connectivity index (χ1) is 10.1. The number of hydrogen-bond acceptors (Lipinski definition) is 1.